The fourth-order valence-electron chi connectivity index (χ4n) is 3.18. The van der Waals surface area contributed by atoms with Crippen LogP contribution in [0.1, 0.15) is 32.4 Å². The van der Waals surface area contributed by atoms with Crippen molar-refractivity contribution < 1.29 is 4.74 Å². The van der Waals surface area contributed by atoms with E-state index < -0.39 is 0 Å². The Kier molecular flexibility index (Phi) is 5.92. The minimum atomic E-state index is 0.253. The van der Waals surface area contributed by atoms with Crippen LogP contribution in [-0.2, 0) is 13.7 Å². The lowest BCUT2D eigenvalue weighted by molar-refractivity contribution is 0.272. The fourth-order valence-corrected chi connectivity index (χ4v) is 3.18. The second kappa shape index (κ2) is 8.95. The highest BCUT2D eigenvalue weighted by atomic mass is 16.5. The topological polar surface area (TPSA) is 95.6 Å². The number of aromatic nitrogens is 7. The van der Waals surface area contributed by atoms with Crippen molar-refractivity contribution >= 4 is 16.9 Å². The summed E-state index contributed by atoms with van der Waals surface area (Å²) in [5.41, 5.74) is 3.39. The zero-order valence-corrected chi connectivity index (χ0v) is 18.0. The van der Waals surface area contributed by atoms with E-state index in [1.54, 1.807) is 16.3 Å². The van der Waals surface area contributed by atoms with Crippen molar-refractivity contribution in [1.82, 2.24) is 34.7 Å². The van der Waals surface area contributed by atoms with Gasteiger partial charge in [0.1, 0.15) is 12.4 Å². The molecule has 9 nitrogen and oxygen atoms in total. The molecule has 1 N–H and O–H groups in total. The number of imidazole rings is 1. The third-order valence-corrected chi connectivity index (χ3v) is 4.81. The molecule has 31 heavy (non-hydrogen) atoms. The number of pyridine rings is 1. The molecule has 0 fully saturated rings. The Hall–Kier alpha value is -3.75. The van der Waals surface area contributed by atoms with Crippen molar-refractivity contribution in [1.29, 1.82) is 0 Å². The summed E-state index contributed by atoms with van der Waals surface area (Å²) >= 11 is 0. The van der Waals surface area contributed by atoms with E-state index in [4.69, 9.17) is 4.74 Å². The molecule has 0 bridgehead atoms. The molecule has 0 aliphatic carbocycles. The highest BCUT2D eigenvalue weighted by Gasteiger charge is 2.18. The summed E-state index contributed by atoms with van der Waals surface area (Å²) in [6, 6.07) is 13.9. The Morgan fingerprint density at radius 1 is 1.13 bits per heavy atom. The predicted octanol–water partition coefficient (Wildman–Crippen LogP) is 3.88. The van der Waals surface area contributed by atoms with Crippen molar-refractivity contribution in [3.8, 4) is 12.0 Å². The van der Waals surface area contributed by atoms with Gasteiger partial charge < -0.3 is 10.1 Å². The summed E-state index contributed by atoms with van der Waals surface area (Å²) in [5.74, 6) is 1.91. The summed E-state index contributed by atoms with van der Waals surface area (Å²) in [6.07, 6.45) is 2.00. The molecule has 0 saturated carbocycles. The number of benzene rings is 1. The second-order valence-corrected chi connectivity index (χ2v) is 7.78. The molecular formula is C22H26N8O. The number of ether oxygens (including phenoxy) is 1. The van der Waals surface area contributed by atoms with Crippen molar-refractivity contribution in [3.05, 3.63) is 60.4 Å². The molecule has 0 amide bonds. The van der Waals surface area contributed by atoms with E-state index in [1.807, 2.05) is 42.5 Å². The highest BCUT2D eigenvalue weighted by molar-refractivity contribution is 5.78. The van der Waals surface area contributed by atoms with Crippen molar-refractivity contribution in [2.24, 2.45) is 13.0 Å². The maximum Gasteiger partial charge on any atom is 0.305 e. The van der Waals surface area contributed by atoms with Gasteiger partial charge in [-0.05, 0) is 53.5 Å². The zero-order valence-electron chi connectivity index (χ0n) is 18.0. The lowest BCUT2D eigenvalue weighted by atomic mass is 10.1. The quantitative estimate of drug-likeness (QED) is 0.441. The third kappa shape index (κ3) is 4.71. The van der Waals surface area contributed by atoms with Gasteiger partial charge in [0, 0.05) is 12.7 Å². The molecule has 4 aromatic rings. The molecule has 3 heterocycles. The van der Waals surface area contributed by atoms with Crippen LogP contribution in [0.5, 0.6) is 6.01 Å². The smallest absolute Gasteiger partial charge is 0.305 e. The lowest BCUT2D eigenvalue weighted by Gasteiger charge is -2.12. The van der Waals surface area contributed by atoms with Gasteiger partial charge in [0.15, 0.2) is 0 Å². The van der Waals surface area contributed by atoms with Crippen molar-refractivity contribution in [2.45, 2.75) is 33.3 Å². The van der Waals surface area contributed by atoms with E-state index in [-0.39, 0.29) is 6.61 Å². The van der Waals surface area contributed by atoms with Crippen LogP contribution in [0.25, 0.3) is 17.0 Å². The van der Waals surface area contributed by atoms with Gasteiger partial charge in [0.2, 0.25) is 0 Å². The Labute approximate surface area is 180 Å². The molecule has 160 valence electrons. The summed E-state index contributed by atoms with van der Waals surface area (Å²) in [4.78, 5) is 9.25. The first kappa shape index (κ1) is 20.5. The van der Waals surface area contributed by atoms with E-state index in [2.05, 4.69) is 51.2 Å². The molecule has 4 rings (SSSR count). The van der Waals surface area contributed by atoms with Gasteiger partial charge >= 0.3 is 6.01 Å². The summed E-state index contributed by atoms with van der Waals surface area (Å²) in [6.45, 7) is 8.76. The number of nitrogens with one attached hydrogen (secondary N) is 1. The van der Waals surface area contributed by atoms with Gasteiger partial charge in [0.25, 0.3) is 5.95 Å². The standard InChI is InChI=1S/C22H26N8O/c1-15(2)12-13-16(3)23-20-11-7-8-17(24-20)14-31-22-25-18-9-5-6-10-19(18)30(22)21-26-27-28-29(21)4/h5-11,15H,3,12-14H2,1-2,4H3,(H,23,24). The first-order chi connectivity index (χ1) is 15.0. The lowest BCUT2D eigenvalue weighted by Crippen LogP contribution is -2.09. The van der Waals surface area contributed by atoms with Gasteiger partial charge in [-0.15, -0.1) is 0 Å². The van der Waals surface area contributed by atoms with E-state index >= 15 is 0 Å². The molecular weight excluding hydrogens is 392 g/mol. The largest absolute Gasteiger partial charge is 0.458 e. The van der Waals surface area contributed by atoms with E-state index in [9.17, 15) is 0 Å². The van der Waals surface area contributed by atoms with E-state index in [1.165, 1.54) is 0 Å². The van der Waals surface area contributed by atoms with Gasteiger partial charge in [-0.1, -0.05) is 43.7 Å². The number of allylic oxidation sites excluding steroid dienone is 1. The molecule has 0 aliphatic rings. The monoisotopic (exact) mass is 418 g/mol. The van der Waals surface area contributed by atoms with Crippen LogP contribution >= 0.6 is 0 Å². The maximum atomic E-state index is 6.06. The SMILES string of the molecule is C=C(CCC(C)C)Nc1cccc(COc2nc3ccccc3n2-c2nnnn2C)n1. The number of fused-ring (bicyclic) bond motifs is 1. The molecule has 0 atom stereocenters. The van der Waals surface area contributed by atoms with Crippen LogP contribution in [0.3, 0.4) is 0 Å². The number of rotatable bonds is 9. The molecule has 0 spiro atoms. The Bertz CT molecular complexity index is 1190. The summed E-state index contributed by atoms with van der Waals surface area (Å²) in [5, 5.41) is 15.1. The molecule has 0 saturated heterocycles. The van der Waals surface area contributed by atoms with Gasteiger partial charge in [0.05, 0.1) is 16.7 Å². The Balaban J connectivity index is 1.52. The number of anilines is 1. The van der Waals surface area contributed by atoms with E-state index in [0.29, 0.717) is 17.9 Å². The average Bonchev–Trinajstić information content (AvgIpc) is 3.33. The van der Waals surface area contributed by atoms with Crippen LogP contribution in [0, 0.1) is 5.92 Å². The van der Waals surface area contributed by atoms with Gasteiger partial charge in [-0.3, -0.25) is 0 Å². The minimum Gasteiger partial charge on any atom is -0.458 e. The molecule has 9 heteroatoms. The van der Waals surface area contributed by atoms with Crippen LogP contribution < -0.4 is 10.1 Å². The van der Waals surface area contributed by atoms with Gasteiger partial charge in [-0.2, -0.15) is 4.98 Å². The van der Waals surface area contributed by atoms with Crippen LogP contribution in [0.15, 0.2) is 54.7 Å². The molecule has 1 aromatic carbocycles. The van der Waals surface area contributed by atoms with Crippen molar-refractivity contribution in [2.75, 3.05) is 5.32 Å². The third-order valence-electron chi connectivity index (χ3n) is 4.81. The Morgan fingerprint density at radius 3 is 2.74 bits per heavy atom. The van der Waals surface area contributed by atoms with E-state index in [0.717, 1.165) is 41.1 Å². The number of nitrogens with zero attached hydrogens (tertiary/aromatic N) is 7. The number of para-hydroxylation sites is 2. The van der Waals surface area contributed by atoms with Crippen LogP contribution in [0.4, 0.5) is 5.82 Å². The first-order valence-corrected chi connectivity index (χ1v) is 10.2. The number of aryl methyl sites for hydroxylation is 1. The van der Waals surface area contributed by atoms with Crippen LogP contribution in [-0.4, -0.2) is 34.7 Å². The summed E-state index contributed by atoms with van der Waals surface area (Å²) in [7, 11) is 1.77. The zero-order chi connectivity index (χ0) is 21.8. The van der Waals surface area contributed by atoms with Crippen LogP contribution in [0.2, 0.25) is 0 Å². The first-order valence-electron chi connectivity index (χ1n) is 10.2. The summed E-state index contributed by atoms with van der Waals surface area (Å²) < 4.78 is 9.43. The number of tetrazole rings is 1. The normalized spacial score (nSPS) is 11.2. The van der Waals surface area contributed by atoms with Gasteiger partial charge in [-0.25, -0.2) is 14.2 Å². The fraction of sp³-hybridized carbons (Fsp3) is 0.318. The molecule has 0 aliphatic heterocycles. The maximum absolute atomic E-state index is 6.06. The second-order valence-electron chi connectivity index (χ2n) is 7.78. The number of hydrogen-bond donors (Lipinski definition) is 1. The minimum absolute atomic E-state index is 0.253. The highest BCUT2D eigenvalue weighted by Crippen LogP contribution is 2.25. The number of hydrogen-bond acceptors (Lipinski definition) is 7. The van der Waals surface area contributed by atoms with Crippen molar-refractivity contribution in [3.63, 3.8) is 0 Å². The molecule has 0 radical (unpaired) electrons. The predicted molar refractivity (Wildman–Crippen MR) is 119 cm³/mol. The average molecular weight is 419 g/mol. The Morgan fingerprint density at radius 2 is 1.97 bits per heavy atom. The molecule has 3 aromatic heterocycles. The molecule has 0 unspecified atom stereocenters.